The van der Waals surface area contributed by atoms with E-state index in [0.717, 1.165) is 25.1 Å². The van der Waals surface area contributed by atoms with E-state index in [-0.39, 0.29) is 11.3 Å². The van der Waals surface area contributed by atoms with Gasteiger partial charge in [-0.25, -0.2) is 0 Å². The number of hydrogen-bond donors (Lipinski definition) is 1. The minimum Gasteiger partial charge on any atom is -0.507 e. The lowest BCUT2D eigenvalue weighted by molar-refractivity contribution is -0.140. The normalized spacial score (nSPS) is 20.9. The van der Waals surface area contributed by atoms with Crippen molar-refractivity contribution in [2.24, 2.45) is 0 Å². The molecule has 2 aliphatic heterocycles. The fraction of sp³-hybridized carbons (Fsp3) is 0.400. The zero-order valence-corrected chi connectivity index (χ0v) is 18.8. The average Bonchev–Trinajstić information content (AvgIpc) is 3.12. The van der Waals surface area contributed by atoms with Crippen LogP contribution < -0.4 is 4.74 Å². The maximum Gasteiger partial charge on any atom is 0.295 e. The Morgan fingerprint density at radius 1 is 1.15 bits per heavy atom. The lowest BCUT2D eigenvalue weighted by Crippen LogP contribution is -2.42. The monoisotopic (exact) mass is 451 g/mol. The topological polar surface area (TPSA) is 92.2 Å². The third kappa shape index (κ3) is 5.07. The van der Waals surface area contributed by atoms with Gasteiger partial charge in [0.25, 0.3) is 11.7 Å². The summed E-state index contributed by atoms with van der Waals surface area (Å²) in [4.78, 5) is 34.0. The zero-order chi connectivity index (χ0) is 23.2. The Kier molecular flexibility index (Phi) is 7.36. The molecule has 2 aromatic rings. The smallest absolute Gasteiger partial charge is 0.295 e. The number of amides is 1. The Morgan fingerprint density at radius 3 is 2.64 bits per heavy atom. The molecule has 174 valence electrons. The van der Waals surface area contributed by atoms with E-state index >= 15 is 0 Å². The average molecular weight is 452 g/mol. The van der Waals surface area contributed by atoms with Crippen LogP contribution in [0.4, 0.5) is 0 Å². The van der Waals surface area contributed by atoms with Gasteiger partial charge in [-0.15, -0.1) is 0 Å². The Hall–Kier alpha value is -3.23. The first kappa shape index (κ1) is 22.9. The van der Waals surface area contributed by atoms with Crippen molar-refractivity contribution < 1.29 is 24.2 Å². The van der Waals surface area contributed by atoms with Crippen molar-refractivity contribution in [2.45, 2.75) is 19.4 Å². The summed E-state index contributed by atoms with van der Waals surface area (Å²) in [5.74, 6) is -0.893. The van der Waals surface area contributed by atoms with Gasteiger partial charge in [-0.1, -0.05) is 19.1 Å². The molecule has 2 saturated heterocycles. The van der Waals surface area contributed by atoms with Crippen molar-refractivity contribution in [3.63, 3.8) is 0 Å². The Balaban J connectivity index is 1.69. The molecule has 1 amide bonds. The number of morpholine rings is 1. The van der Waals surface area contributed by atoms with Crippen molar-refractivity contribution >= 4 is 17.4 Å². The molecular formula is C25H29N3O5. The van der Waals surface area contributed by atoms with Crippen LogP contribution >= 0.6 is 0 Å². The summed E-state index contributed by atoms with van der Waals surface area (Å²) >= 11 is 0. The lowest BCUT2D eigenvalue weighted by atomic mass is 9.96. The van der Waals surface area contributed by atoms with Crippen LogP contribution in [-0.2, 0) is 14.3 Å². The second kappa shape index (κ2) is 10.6. The van der Waals surface area contributed by atoms with E-state index in [1.165, 1.54) is 0 Å². The molecule has 1 N–H and O–H groups in total. The van der Waals surface area contributed by atoms with Gasteiger partial charge >= 0.3 is 0 Å². The highest BCUT2D eigenvalue weighted by atomic mass is 16.5. The first-order chi connectivity index (χ1) is 16.1. The third-order valence-corrected chi connectivity index (χ3v) is 5.90. The highest BCUT2D eigenvalue weighted by Crippen LogP contribution is 2.39. The van der Waals surface area contributed by atoms with Crippen LogP contribution in [0, 0.1) is 0 Å². The number of aliphatic hydroxyl groups excluding tert-OH is 1. The number of benzene rings is 1. The van der Waals surface area contributed by atoms with E-state index in [0.29, 0.717) is 44.2 Å². The molecule has 3 heterocycles. The van der Waals surface area contributed by atoms with Crippen LogP contribution in [0.25, 0.3) is 5.76 Å². The second-order valence-corrected chi connectivity index (χ2v) is 8.10. The summed E-state index contributed by atoms with van der Waals surface area (Å²) in [6, 6.07) is 9.81. The molecule has 0 aliphatic carbocycles. The van der Waals surface area contributed by atoms with Gasteiger partial charge in [-0.05, 0) is 36.2 Å². The number of carbonyl (C=O) groups excluding carboxylic acids is 2. The number of nitrogens with zero attached hydrogens (tertiary/aromatic N) is 3. The van der Waals surface area contributed by atoms with E-state index in [2.05, 4.69) is 9.88 Å². The van der Waals surface area contributed by atoms with Gasteiger partial charge in [-0.2, -0.15) is 0 Å². The SMILES string of the molecule is CCCOc1cccc(/C(O)=C2\C(=O)C(=O)N(CCN3CCOCC3)C2c2ccncc2)c1. The van der Waals surface area contributed by atoms with Crippen molar-refractivity contribution in [3.8, 4) is 5.75 Å². The van der Waals surface area contributed by atoms with Crippen molar-refractivity contribution in [1.29, 1.82) is 0 Å². The summed E-state index contributed by atoms with van der Waals surface area (Å²) < 4.78 is 11.1. The summed E-state index contributed by atoms with van der Waals surface area (Å²) in [6.45, 7) is 6.44. The highest BCUT2D eigenvalue weighted by molar-refractivity contribution is 6.46. The van der Waals surface area contributed by atoms with Crippen LogP contribution in [0.3, 0.4) is 0 Å². The third-order valence-electron chi connectivity index (χ3n) is 5.90. The second-order valence-electron chi connectivity index (χ2n) is 8.10. The number of carbonyl (C=O) groups is 2. The maximum atomic E-state index is 13.1. The Labute approximate surface area is 193 Å². The number of hydrogen-bond acceptors (Lipinski definition) is 7. The van der Waals surface area contributed by atoms with Crippen LogP contribution in [0.15, 0.2) is 54.4 Å². The highest BCUT2D eigenvalue weighted by Gasteiger charge is 2.46. The van der Waals surface area contributed by atoms with Gasteiger partial charge in [0, 0.05) is 44.1 Å². The number of ketones is 1. The van der Waals surface area contributed by atoms with Gasteiger partial charge in [0.15, 0.2) is 0 Å². The summed E-state index contributed by atoms with van der Waals surface area (Å²) in [6.07, 6.45) is 4.10. The first-order valence-corrected chi connectivity index (χ1v) is 11.3. The van der Waals surface area contributed by atoms with Crippen LogP contribution in [0.5, 0.6) is 5.75 Å². The zero-order valence-electron chi connectivity index (χ0n) is 18.8. The van der Waals surface area contributed by atoms with E-state index in [1.54, 1.807) is 53.7 Å². The molecule has 8 nitrogen and oxygen atoms in total. The number of ether oxygens (including phenoxy) is 2. The van der Waals surface area contributed by atoms with Crippen molar-refractivity contribution in [2.75, 3.05) is 46.0 Å². The fourth-order valence-electron chi connectivity index (χ4n) is 4.19. The first-order valence-electron chi connectivity index (χ1n) is 11.3. The predicted octanol–water partition coefficient (Wildman–Crippen LogP) is 2.62. The number of likely N-dealkylation sites (tertiary alicyclic amines) is 1. The van der Waals surface area contributed by atoms with E-state index in [9.17, 15) is 14.7 Å². The molecular weight excluding hydrogens is 422 g/mol. The van der Waals surface area contributed by atoms with E-state index in [1.807, 2.05) is 6.92 Å². The van der Waals surface area contributed by atoms with Crippen molar-refractivity contribution in [1.82, 2.24) is 14.8 Å². The molecule has 0 saturated carbocycles. The summed E-state index contributed by atoms with van der Waals surface area (Å²) in [5, 5.41) is 11.2. The molecule has 1 aromatic heterocycles. The maximum absolute atomic E-state index is 13.1. The number of aromatic nitrogens is 1. The van der Waals surface area contributed by atoms with Gasteiger partial charge < -0.3 is 19.5 Å². The molecule has 8 heteroatoms. The number of rotatable bonds is 8. The lowest BCUT2D eigenvalue weighted by Gasteiger charge is -2.31. The largest absolute Gasteiger partial charge is 0.507 e. The molecule has 0 radical (unpaired) electrons. The molecule has 4 rings (SSSR count). The molecule has 1 unspecified atom stereocenters. The molecule has 1 atom stereocenters. The Bertz CT molecular complexity index is 1020. The van der Waals surface area contributed by atoms with Gasteiger partial charge in [0.05, 0.1) is 31.4 Å². The Morgan fingerprint density at radius 2 is 1.91 bits per heavy atom. The molecule has 33 heavy (non-hydrogen) atoms. The van der Waals surface area contributed by atoms with Crippen molar-refractivity contribution in [3.05, 3.63) is 65.5 Å². The van der Waals surface area contributed by atoms with Gasteiger partial charge in [-0.3, -0.25) is 19.5 Å². The quantitative estimate of drug-likeness (QED) is 0.375. The standard InChI is InChI=1S/C25H29N3O5/c1-2-14-33-20-5-3-4-19(17-20)23(29)21-22(18-6-8-26-9-7-18)28(25(31)24(21)30)11-10-27-12-15-32-16-13-27/h3-9,17,22,29H,2,10-16H2,1H3/b23-21+. The van der Waals surface area contributed by atoms with Gasteiger partial charge in [0.2, 0.25) is 0 Å². The predicted molar refractivity (Wildman–Crippen MR) is 123 cm³/mol. The van der Waals surface area contributed by atoms with Crippen LogP contribution in [-0.4, -0.2) is 77.6 Å². The van der Waals surface area contributed by atoms with Crippen LogP contribution in [0.2, 0.25) is 0 Å². The minimum absolute atomic E-state index is 0.0841. The van der Waals surface area contributed by atoms with E-state index in [4.69, 9.17) is 9.47 Å². The van der Waals surface area contributed by atoms with Gasteiger partial charge in [0.1, 0.15) is 11.5 Å². The number of pyridine rings is 1. The molecule has 2 fully saturated rings. The number of aliphatic hydroxyl groups is 1. The van der Waals surface area contributed by atoms with E-state index < -0.39 is 17.7 Å². The molecule has 0 spiro atoms. The summed E-state index contributed by atoms with van der Waals surface area (Å²) in [7, 11) is 0. The minimum atomic E-state index is -0.686. The molecule has 2 aliphatic rings. The summed E-state index contributed by atoms with van der Waals surface area (Å²) in [5.41, 5.74) is 1.25. The molecule has 1 aromatic carbocycles. The number of Topliss-reactive ketones (excluding diaryl/α,β-unsaturated/α-hetero) is 1. The van der Waals surface area contributed by atoms with Crippen LogP contribution in [0.1, 0.15) is 30.5 Å². The fourth-order valence-corrected chi connectivity index (χ4v) is 4.19. The molecule has 0 bridgehead atoms.